The van der Waals surface area contributed by atoms with Gasteiger partial charge in [-0.1, -0.05) is 37.6 Å². The molecule has 0 saturated heterocycles. The van der Waals surface area contributed by atoms with Crippen molar-refractivity contribution in [3.63, 3.8) is 0 Å². The van der Waals surface area contributed by atoms with Gasteiger partial charge in [-0.25, -0.2) is 0 Å². The Bertz CT molecular complexity index is 292. The highest BCUT2D eigenvalue weighted by atomic mass is 35.5. The average Bonchev–Trinajstić information content (AvgIpc) is 2.16. The first-order chi connectivity index (χ1) is 6.61. The summed E-state index contributed by atoms with van der Waals surface area (Å²) in [7, 11) is 0. The van der Waals surface area contributed by atoms with E-state index in [1.807, 2.05) is 18.2 Å². The van der Waals surface area contributed by atoms with E-state index >= 15 is 0 Å². The maximum absolute atomic E-state index is 5.92. The largest absolute Gasteiger partial charge is 0.490 e. The fourth-order valence-corrected chi connectivity index (χ4v) is 1.13. The molecular weight excluding hydrogens is 233 g/mol. The summed E-state index contributed by atoms with van der Waals surface area (Å²) in [5, 5.41) is 0.628. The monoisotopic (exact) mass is 249 g/mol. The maximum Gasteiger partial charge on any atom is 0.137 e. The number of nitrogens with two attached hydrogens (primary N) is 1. The smallest absolute Gasteiger partial charge is 0.137 e. The summed E-state index contributed by atoms with van der Waals surface area (Å²) in [4.78, 5) is 0. The van der Waals surface area contributed by atoms with Crippen LogP contribution in [0.3, 0.4) is 0 Å². The van der Waals surface area contributed by atoms with Crippen molar-refractivity contribution in [1.82, 2.24) is 0 Å². The zero-order valence-electron chi connectivity index (χ0n) is 8.94. The van der Waals surface area contributed by atoms with Gasteiger partial charge in [-0.05, 0) is 18.1 Å². The molecule has 2 N–H and O–H groups in total. The molecule has 0 aromatic heterocycles. The second-order valence-electron chi connectivity index (χ2n) is 3.65. The van der Waals surface area contributed by atoms with Gasteiger partial charge < -0.3 is 10.5 Å². The molecule has 1 rings (SSSR count). The molecule has 0 bridgehead atoms. The van der Waals surface area contributed by atoms with Gasteiger partial charge in [-0.3, -0.25) is 0 Å². The molecule has 4 heteroatoms. The normalized spacial score (nSPS) is 12.1. The van der Waals surface area contributed by atoms with Crippen molar-refractivity contribution in [3.05, 3.63) is 29.3 Å². The number of hydrogen-bond donors (Lipinski definition) is 1. The second-order valence-corrected chi connectivity index (χ2v) is 4.06. The molecular formula is C11H17Cl2NO. The van der Waals surface area contributed by atoms with Crippen LogP contribution in [-0.4, -0.2) is 12.6 Å². The molecule has 15 heavy (non-hydrogen) atoms. The Morgan fingerprint density at radius 1 is 1.33 bits per heavy atom. The van der Waals surface area contributed by atoms with Gasteiger partial charge in [-0.15, -0.1) is 12.4 Å². The number of benzene rings is 1. The second kappa shape index (κ2) is 6.94. The number of halogens is 2. The van der Waals surface area contributed by atoms with Gasteiger partial charge in [-0.2, -0.15) is 0 Å². The van der Waals surface area contributed by atoms with E-state index in [1.165, 1.54) is 0 Å². The average molecular weight is 250 g/mol. The molecule has 1 aromatic rings. The van der Waals surface area contributed by atoms with Gasteiger partial charge in [0.2, 0.25) is 0 Å². The molecule has 2 nitrogen and oxygen atoms in total. The molecule has 0 aliphatic heterocycles. The zero-order chi connectivity index (χ0) is 10.6. The third-order valence-corrected chi connectivity index (χ3v) is 2.44. The first kappa shape index (κ1) is 14.6. The Labute approximate surface area is 102 Å². The Balaban J connectivity index is 0.00000196. The number of ether oxygens (including phenoxy) is 1. The minimum Gasteiger partial charge on any atom is -0.490 e. The summed E-state index contributed by atoms with van der Waals surface area (Å²) in [6, 6.07) is 7.46. The lowest BCUT2D eigenvalue weighted by Crippen LogP contribution is -2.33. The van der Waals surface area contributed by atoms with Gasteiger partial charge in [0, 0.05) is 6.04 Å². The molecule has 1 unspecified atom stereocenters. The van der Waals surface area contributed by atoms with Crippen molar-refractivity contribution in [2.75, 3.05) is 6.61 Å². The maximum atomic E-state index is 5.92. The van der Waals surface area contributed by atoms with E-state index in [2.05, 4.69) is 13.8 Å². The predicted molar refractivity (Wildman–Crippen MR) is 67.0 cm³/mol. The number of hydrogen-bond acceptors (Lipinski definition) is 2. The minimum atomic E-state index is 0. The van der Waals surface area contributed by atoms with Crippen LogP contribution in [0, 0.1) is 5.92 Å². The number of rotatable bonds is 4. The topological polar surface area (TPSA) is 35.2 Å². The minimum absolute atomic E-state index is 0. The Kier molecular flexibility index (Phi) is 6.73. The molecule has 1 atom stereocenters. The molecule has 0 amide bonds. The Morgan fingerprint density at radius 3 is 2.47 bits per heavy atom. The third kappa shape index (κ3) is 4.74. The standard InChI is InChI=1S/C11H16ClNO.ClH/c1-8(2)10(13)7-14-11-6-4-3-5-9(11)12;/h3-6,8,10H,7,13H2,1-2H3;1H. The highest BCUT2D eigenvalue weighted by Crippen LogP contribution is 2.23. The van der Waals surface area contributed by atoms with Crippen LogP contribution in [0.4, 0.5) is 0 Å². The molecule has 0 heterocycles. The van der Waals surface area contributed by atoms with Crippen LogP contribution in [0.15, 0.2) is 24.3 Å². The molecule has 1 aromatic carbocycles. The predicted octanol–water partition coefficient (Wildman–Crippen LogP) is 3.12. The molecule has 0 saturated carbocycles. The van der Waals surface area contributed by atoms with Crippen molar-refractivity contribution in [1.29, 1.82) is 0 Å². The molecule has 0 fully saturated rings. The summed E-state index contributed by atoms with van der Waals surface area (Å²) in [5.41, 5.74) is 5.85. The van der Waals surface area contributed by atoms with E-state index in [9.17, 15) is 0 Å². The lowest BCUT2D eigenvalue weighted by atomic mass is 10.1. The van der Waals surface area contributed by atoms with E-state index in [4.69, 9.17) is 22.1 Å². The van der Waals surface area contributed by atoms with Crippen molar-refractivity contribution in [3.8, 4) is 5.75 Å². The van der Waals surface area contributed by atoms with Crippen LogP contribution >= 0.6 is 24.0 Å². The van der Waals surface area contributed by atoms with E-state index in [0.29, 0.717) is 23.3 Å². The van der Waals surface area contributed by atoms with Crippen molar-refractivity contribution < 1.29 is 4.74 Å². The van der Waals surface area contributed by atoms with Crippen LogP contribution < -0.4 is 10.5 Å². The summed E-state index contributed by atoms with van der Waals surface area (Å²) < 4.78 is 5.50. The van der Waals surface area contributed by atoms with Crippen molar-refractivity contribution in [2.24, 2.45) is 11.7 Å². The number of para-hydroxylation sites is 1. The highest BCUT2D eigenvalue weighted by Gasteiger charge is 2.09. The quantitative estimate of drug-likeness (QED) is 0.891. The van der Waals surface area contributed by atoms with E-state index in [-0.39, 0.29) is 18.4 Å². The van der Waals surface area contributed by atoms with Gasteiger partial charge in [0.25, 0.3) is 0 Å². The third-order valence-electron chi connectivity index (χ3n) is 2.12. The fourth-order valence-electron chi connectivity index (χ4n) is 0.940. The summed E-state index contributed by atoms with van der Waals surface area (Å²) in [6.07, 6.45) is 0. The molecule has 0 spiro atoms. The Hall–Kier alpha value is -0.440. The van der Waals surface area contributed by atoms with E-state index in [1.54, 1.807) is 6.07 Å². The highest BCUT2D eigenvalue weighted by molar-refractivity contribution is 6.32. The molecule has 0 radical (unpaired) electrons. The van der Waals surface area contributed by atoms with Gasteiger partial charge >= 0.3 is 0 Å². The zero-order valence-corrected chi connectivity index (χ0v) is 10.5. The van der Waals surface area contributed by atoms with Gasteiger partial charge in [0.05, 0.1) is 5.02 Å². The van der Waals surface area contributed by atoms with Crippen LogP contribution in [0.2, 0.25) is 5.02 Å². The van der Waals surface area contributed by atoms with Gasteiger partial charge in [0.1, 0.15) is 12.4 Å². The lowest BCUT2D eigenvalue weighted by molar-refractivity contribution is 0.260. The van der Waals surface area contributed by atoms with Crippen LogP contribution in [0.5, 0.6) is 5.75 Å². The summed E-state index contributed by atoms with van der Waals surface area (Å²) >= 11 is 5.92. The lowest BCUT2D eigenvalue weighted by Gasteiger charge is -2.16. The summed E-state index contributed by atoms with van der Waals surface area (Å²) in [5.74, 6) is 1.11. The van der Waals surface area contributed by atoms with Crippen molar-refractivity contribution >= 4 is 24.0 Å². The SMILES string of the molecule is CC(C)C(N)COc1ccccc1Cl.Cl. The first-order valence-electron chi connectivity index (χ1n) is 4.74. The van der Waals surface area contributed by atoms with Crippen molar-refractivity contribution in [2.45, 2.75) is 19.9 Å². The van der Waals surface area contributed by atoms with Crippen LogP contribution in [0.1, 0.15) is 13.8 Å². The van der Waals surface area contributed by atoms with E-state index in [0.717, 1.165) is 0 Å². The fraction of sp³-hybridized carbons (Fsp3) is 0.455. The molecule has 0 aliphatic rings. The first-order valence-corrected chi connectivity index (χ1v) is 5.12. The van der Waals surface area contributed by atoms with Gasteiger partial charge in [0.15, 0.2) is 0 Å². The van der Waals surface area contributed by atoms with Crippen LogP contribution in [-0.2, 0) is 0 Å². The van der Waals surface area contributed by atoms with Crippen LogP contribution in [0.25, 0.3) is 0 Å². The molecule has 86 valence electrons. The Morgan fingerprint density at radius 2 is 1.93 bits per heavy atom. The van der Waals surface area contributed by atoms with E-state index < -0.39 is 0 Å². The summed E-state index contributed by atoms with van der Waals surface area (Å²) in [6.45, 7) is 4.64. The molecule has 0 aliphatic carbocycles.